The maximum Gasteiger partial charge on any atom is 0.258 e. The van der Waals surface area contributed by atoms with Crippen molar-refractivity contribution in [2.24, 2.45) is 0 Å². The Morgan fingerprint density at radius 3 is 2.48 bits per heavy atom. The van der Waals surface area contributed by atoms with Crippen LogP contribution in [0.5, 0.6) is 0 Å². The molecule has 6 heteroatoms. The van der Waals surface area contributed by atoms with E-state index in [0.29, 0.717) is 5.56 Å². The summed E-state index contributed by atoms with van der Waals surface area (Å²) in [6.07, 6.45) is 1.56. The van der Waals surface area contributed by atoms with Gasteiger partial charge in [0, 0.05) is 43.8 Å². The van der Waals surface area contributed by atoms with E-state index >= 15 is 0 Å². The summed E-state index contributed by atoms with van der Waals surface area (Å²) >= 11 is 5.94. The van der Waals surface area contributed by atoms with Crippen molar-refractivity contribution in [3.63, 3.8) is 0 Å². The molecule has 1 aromatic carbocycles. The van der Waals surface area contributed by atoms with Crippen molar-refractivity contribution >= 4 is 28.9 Å². The zero-order chi connectivity index (χ0) is 16.2. The minimum absolute atomic E-state index is 0.207. The highest BCUT2D eigenvalue weighted by molar-refractivity contribution is 6.33. The highest BCUT2D eigenvalue weighted by atomic mass is 35.5. The zero-order valence-electron chi connectivity index (χ0n) is 13.0. The molecule has 1 aromatic heterocycles. The Labute approximate surface area is 140 Å². The summed E-state index contributed by atoms with van der Waals surface area (Å²) in [6, 6.07) is 11.2. The third-order valence-corrected chi connectivity index (χ3v) is 4.30. The van der Waals surface area contributed by atoms with Crippen LogP contribution in [0.25, 0.3) is 0 Å². The van der Waals surface area contributed by atoms with Crippen LogP contribution in [0.1, 0.15) is 10.4 Å². The van der Waals surface area contributed by atoms with Crippen LogP contribution in [0.15, 0.2) is 42.6 Å². The van der Waals surface area contributed by atoms with Crippen molar-refractivity contribution in [3.05, 3.63) is 53.3 Å². The standard InChI is InChI=1S/C17H19ClN4O/c1-21-9-11-22(12-10-21)14-6-4-13(5-7-14)20-17(23)15-3-2-8-19-16(15)18/h2-8H,9-12H2,1H3,(H,20,23). The van der Waals surface area contributed by atoms with Crippen molar-refractivity contribution < 1.29 is 4.79 Å². The van der Waals surface area contributed by atoms with Crippen molar-refractivity contribution in [3.8, 4) is 0 Å². The van der Waals surface area contributed by atoms with Crippen molar-refractivity contribution in [2.45, 2.75) is 0 Å². The number of aromatic nitrogens is 1. The highest BCUT2D eigenvalue weighted by Gasteiger charge is 2.15. The maximum atomic E-state index is 12.2. The molecule has 2 heterocycles. The SMILES string of the molecule is CN1CCN(c2ccc(NC(=O)c3cccnc3Cl)cc2)CC1. The Morgan fingerprint density at radius 1 is 1.13 bits per heavy atom. The smallest absolute Gasteiger partial charge is 0.258 e. The molecule has 3 rings (SSSR count). The third kappa shape index (κ3) is 3.81. The van der Waals surface area contributed by atoms with Gasteiger partial charge in [0.1, 0.15) is 5.15 Å². The lowest BCUT2D eigenvalue weighted by atomic mass is 10.2. The number of hydrogen-bond donors (Lipinski definition) is 1. The summed E-state index contributed by atoms with van der Waals surface area (Å²) in [4.78, 5) is 20.8. The predicted octanol–water partition coefficient (Wildman–Crippen LogP) is 2.74. The minimum Gasteiger partial charge on any atom is -0.369 e. The lowest BCUT2D eigenvalue weighted by molar-refractivity contribution is 0.102. The van der Waals surface area contributed by atoms with E-state index < -0.39 is 0 Å². The molecular formula is C17H19ClN4O. The van der Waals surface area contributed by atoms with Crippen molar-refractivity contribution in [1.29, 1.82) is 0 Å². The van der Waals surface area contributed by atoms with Crippen LogP contribution < -0.4 is 10.2 Å². The van der Waals surface area contributed by atoms with Crippen LogP contribution in [-0.4, -0.2) is 49.0 Å². The molecule has 1 aliphatic heterocycles. The fourth-order valence-corrected chi connectivity index (χ4v) is 2.78. The number of carbonyl (C=O) groups excluding carboxylic acids is 1. The second-order valence-electron chi connectivity index (χ2n) is 5.63. The average molecular weight is 331 g/mol. The van der Waals surface area contributed by atoms with Crippen LogP contribution in [0.4, 0.5) is 11.4 Å². The number of likely N-dealkylation sites (N-methyl/N-ethyl adjacent to an activating group) is 1. The molecule has 0 aliphatic carbocycles. The molecular weight excluding hydrogens is 312 g/mol. The molecule has 1 saturated heterocycles. The summed E-state index contributed by atoms with van der Waals surface area (Å²) in [5, 5.41) is 3.05. The zero-order valence-corrected chi connectivity index (χ0v) is 13.8. The van der Waals surface area contributed by atoms with Crippen LogP contribution in [0.3, 0.4) is 0 Å². The van der Waals surface area contributed by atoms with Gasteiger partial charge in [-0.25, -0.2) is 4.98 Å². The molecule has 0 unspecified atom stereocenters. The van der Waals surface area contributed by atoms with E-state index in [1.165, 1.54) is 5.69 Å². The number of nitrogens with one attached hydrogen (secondary N) is 1. The Bertz CT molecular complexity index is 681. The first kappa shape index (κ1) is 15.8. The molecule has 1 amide bonds. The number of hydrogen-bond acceptors (Lipinski definition) is 4. The minimum atomic E-state index is -0.254. The van der Waals surface area contributed by atoms with Gasteiger partial charge in [0.2, 0.25) is 0 Å². The molecule has 23 heavy (non-hydrogen) atoms. The summed E-state index contributed by atoms with van der Waals surface area (Å²) in [5.74, 6) is -0.254. The summed E-state index contributed by atoms with van der Waals surface area (Å²) in [5.41, 5.74) is 2.29. The largest absolute Gasteiger partial charge is 0.369 e. The number of nitrogens with zero attached hydrogens (tertiary/aromatic N) is 3. The summed E-state index contributed by atoms with van der Waals surface area (Å²) in [6.45, 7) is 4.18. The normalized spacial score (nSPS) is 15.5. The van der Waals surface area contributed by atoms with Crippen LogP contribution >= 0.6 is 11.6 Å². The Hall–Kier alpha value is -2.11. The molecule has 1 aliphatic rings. The van der Waals surface area contributed by atoms with Gasteiger partial charge in [-0.3, -0.25) is 4.79 Å². The number of halogens is 1. The van der Waals surface area contributed by atoms with Crippen LogP contribution in [-0.2, 0) is 0 Å². The number of piperazine rings is 1. The van der Waals surface area contributed by atoms with Crippen molar-refractivity contribution in [2.75, 3.05) is 43.4 Å². The number of rotatable bonds is 3. The van der Waals surface area contributed by atoms with E-state index in [0.717, 1.165) is 31.9 Å². The van der Waals surface area contributed by atoms with Gasteiger partial charge in [-0.15, -0.1) is 0 Å². The van der Waals surface area contributed by atoms with E-state index in [4.69, 9.17) is 11.6 Å². The predicted molar refractivity (Wildman–Crippen MR) is 93.4 cm³/mol. The van der Waals surface area contributed by atoms with E-state index in [2.05, 4.69) is 27.1 Å². The molecule has 1 fully saturated rings. The third-order valence-electron chi connectivity index (χ3n) is 4.00. The summed E-state index contributed by atoms with van der Waals surface area (Å²) < 4.78 is 0. The fraction of sp³-hybridized carbons (Fsp3) is 0.294. The summed E-state index contributed by atoms with van der Waals surface area (Å²) in [7, 11) is 2.14. The first-order valence-electron chi connectivity index (χ1n) is 7.59. The molecule has 2 aromatic rings. The first-order chi connectivity index (χ1) is 11.1. The van der Waals surface area contributed by atoms with Gasteiger partial charge in [0.15, 0.2) is 0 Å². The number of pyridine rings is 1. The number of benzene rings is 1. The lowest BCUT2D eigenvalue weighted by Crippen LogP contribution is -2.44. The molecule has 0 spiro atoms. The fourth-order valence-electron chi connectivity index (χ4n) is 2.57. The molecule has 1 N–H and O–H groups in total. The molecule has 5 nitrogen and oxygen atoms in total. The topological polar surface area (TPSA) is 48.5 Å². The van der Waals surface area contributed by atoms with E-state index in [-0.39, 0.29) is 11.1 Å². The van der Waals surface area contributed by atoms with Gasteiger partial charge in [-0.1, -0.05) is 11.6 Å². The van der Waals surface area contributed by atoms with Gasteiger partial charge in [0.25, 0.3) is 5.91 Å². The second-order valence-corrected chi connectivity index (χ2v) is 5.99. The highest BCUT2D eigenvalue weighted by Crippen LogP contribution is 2.20. The maximum absolute atomic E-state index is 12.2. The van der Waals surface area contributed by atoms with E-state index in [9.17, 15) is 4.79 Å². The lowest BCUT2D eigenvalue weighted by Gasteiger charge is -2.34. The quantitative estimate of drug-likeness (QED) is 0.879. The second kappa shape index (κ2) is 6.98. The molecule has 120 valence electrons. The van der Waals surface area contributed by atoms with Crippen molar-refractivity contribution in [1.82, 2.24) is 9.88 Å². The van der Waals surface area contributed by atoms with Gasteiger partial charge in [-0.05, 0) is 43.4 Å². The average Bonchev–Trinajstić information content (AvgIpc) is 2.57. The molecule has 0 saturated carbocycles. The monoisotopic (exact) mass is 330 g/mol. The Kier molecular flexibility index (Phi) is 4.79. The van der Waals surface area contributed by atoms with Crippen LogP contribution in [0, 0.1) is 0 Å². The Morgan fingerprint density at radius 2 is 1.83 bits per heavy atom. The van der Waals surface area contributed by atoms with E-state index in [1.54, 1.807) is 18.3 Å². The van der Waals surface area contributed by atoms with E-state index in [1.807, 2.05) is 24.3 Å². The van der Waals surface area contributed by atoms with Gasteiger partial charge in [-0.2, -0.15) is 0 Å². The Balaban J connectivity index is 1.66. The first-order valence-corrected chi connectivity index (χ1v) is 7.97. The molecule has 0 atom stereocenters. The number of carbonyl (C=O) groups is 1. The van der Waals surface area contributed by atoms with Gasteiger partial charge in [0.05, 0.1) is 5.56 Å². The molecule has 0 bridgehead atoms. The van der Waals surface area contributed by atoms with Gasteiger partial charge >= 0.3 is 0 Å². The van der Waals surface area contributed by atoms with Gasteiger partial charge < -0.3 is 15.1 Å². The van der Waals surface area contributed by atoms with Crippen LogP contribution in [0.2, 0.25) is 5.15 Å². The number of amides is 1. The molecule has 0 radical (unpaired) electrons. The number of anilines is 2.